The van der Waals surface area contributed by atoms with Gasteiger partial charge in [0.05, 0.1) is 12.2 Å². The molecule has 2 aliphatic rings. The van der Waals surface area contributed by atoms with Gasteiger partial charge in [-0.25, -0.2) is 0 Å². The van der Waals surface area contributed by atoms with Crippen molar-refractivity contribution in [3.8, 4) is 0 Å². The third-order valence-electron chi connectivity index (χ3n) is 7.27. The molecule has 1 aromatic heterocycles. The van der Waals surface area contributed by atoms with Crippen LogP contribution in [-0.4, -0.2) is 54.7 Å². The molecule has 3 unspecified atom stereocenters. The fourth-order valence-corrected chi connectivity index (χ4v) is 6.24. The third kappa shape index (κ3) is 6.28. The van der Waals surface area contributed by atoms with Crippen LogP contribution in [0.4, 0.5) is 0 Å². The molecule has 2 fully saturated rings. The molecule has 2 aromatic rings. The molecule has 3 heterocycles. The van der Waals surface area contributed by atoms with Crippen molar-refractivity contribution in [3.05, 3.63) is 56.2 Å². The summed E-state index contributed by atoms with van der Waals surface area (Å²) in [7, 11) is 0. The first kappa shape index (κ1) is 24.5. The summed E-state index contributed by atoms with van der Waals surface area (Å²) in [6, 6.07) is 8.18. The van der Waals surface area contributed by atoms with Crippen LogP contribution in [0.2, 0.25) is 10.0 Å². The van der Waals surface area contributed by atoms with Crippen molar-refractivity contribution in [3.63, 3.8) is 0 Å². The molecule has 0 saturated carbocycles. The lowest BCUT2D eigenvalue weighted by atomic mass is 9.90. The van der Waals surface area contributed by atoms with Gasteiger partial charge in [-0.15, -0.1) is 0 Å². The van der Waals surface area contributed by atoms with Crippen LogP contribution >= 0.6 is 34.5 Å². The van der Waals surface area contributed by atoms with Gasteiger partial charge in [-0.3, -0.25) is 4.90 Å². The highest BCUT2D eigenvalue weighted by Gasteiger charge is 2.36. The largest absolute Gasteiger partial charge is 0.375 e. The Hall–Kier alpha value is -0.620. The van der Waals surface area contributed by atoms with E-state index in [1.165, 1.54) is 5.56 Å². The molecule has 3 nitrogen and oxygen atoms in total. The maximum absolute atomic E-state index is 6.48. The van der Waals surface area contributed by atoms with Gasteiger partial charge in [-0.05, 0) is 71.7 Å². The summed E-state index contributed by atoms with van der Waals surface area (Å²) < 4.78 is 6.30. The number of benzene rings is 1. The Morgan fingerprint density at radius 1 is 1.06 bits per heavy atom. The molecule has 0 aliphatic carbocycles. The highest BCUT2D eigenvalue weighted by Crippen LogP contribution is 2.36. The molecule has 2 aliphatic heterocycles. The van der Waals surface area contributed by atoms with Crippen molar-refractivity contribution in [2.75, 3.05) is 32.7 Å². The molecule has 6 heteroatoms. The monoisotopic (exact) mass is 494 g/mol. The van der Waals surface area contributed by atoms with Gasteiger partial charge < -0.3 is 9.64 Å². The maximum Gasteiger partial charge on any atom is 0.0603 e. The Morgan fingerprint density at radius 3 is 2.50 bits per heavy atom. The summed E-state index contributed by atoms with van der Waals surface area (Å²) in [5.41, 5.74) is 2.66. The van der Waals surface area contributed by atoms with Crippen molar-refractivity contribution in [1.29, 1.82) is 0 Å². The maximum atomic E-state index is 6.48. The second kappa shape index (κ2) is 11.2. The van der Waals surface area contributed by atoms with E-state index in [1.807, 2.05) is 23.5 Å². The first-order chi connectivity index (χ1) is 15.4. The molecule has 0 bridgehead atoms. The van der Waals surface area contributed by atoms with E-state index in [0.717, 1.165) is 62.7 Å². The van der Waals surface area contributed by atoms with Crippen LogP contribution < -0.4 is 0 Å². The van der Waals surface area contributed by atoms with Crippen molar-refractivity contribution in [1.82, 2.24) is 9.80 Å². The second-order valence-electron chi connectivity index (χ2n) is 9.94. The van der Waals surface area contributed by atoms with E-state index in [4.69, 9.17) is 27.9 Å². The molecular weight excluding hydrogens is 459 g/mol. The summed E-state index contributed by atoms with van der Waals surface area (Å²) in [5.74, 6) is 1.81. The average molecular weight is 496 g/mol. The Labute approximate surface area is 207 Å². The van der Waals surface area contributed by atoms with E-state index in [2.05, 4.69) is 53.5 Å². The smallest absolute Gasteiger partial charge is 0.0603 e. The summed E-state index contributed by atoms with van der Waals surface area (Å²) in [6.07, 6.45) is 3.06. The number of hydrogen-bond acceptors (Lipinski definition) is 4. The molecule has 3 atom stereocenters. The van der Waals surface area contributed by atoms with Crippen LogP contribution in [0.3, 0.4) is 0 Å². The Kier molecular flexibility index (Phi) is 8.58. The molecule has 0 radical (unpaired) electrons. The molecule has 2 saturated heterocycles. The Morgan fingerprint density at radius 2 is 1.84 bits per heavy atom. The van der Waals surface area contributed by atoms with Crippen LogP contribution in [0.15, 0.2) is 35.0 Å². The normalized spacial score (nSPS) is 24.4. The number of halogens is 2. The fourth-order valence-electron chi connectivity index (χ4n) is 5.05. The van der Waals surface area contributed by atoms with Gasteiger partial charge in [0.1, 0.15) is 0 Å². The van der Waals surface area contributed by atoms with E-state index in [0.29, 0.717) is 35.0 Å². The topological polar surface area (TPSA) is 15.7 Å². The predicted octanol–water partition coefficient (Wildman–Crippen LogP) is 6.80. The molecule has 32 heavy (non-hydrogen) atoms. The lowest BCUT2D eigenvalue weighted by Gasteiger charge is -2.36. The van der Waals surface area contributed by atoms with Gasteiger partial charge in [0, 0.05) is 55.2 Å². The minimum atomic E-state index is 0.345. The van der Waals surface area contributed by atoms with Gasteiger partial charge in [-0.2, -0.15) is 11.3 Å². The van der Waals surface area contributed by atoms with E-state index in [9.17, 15) is 0 Å². The highest BCUT2D eigenvalue weighted by atomic mass is 35.5. The zero-order valence-electron chi connectivity index (χ0n) is 19.5. The molecule has 176 valence electrons. The lowest BCUT2D eigenvalue weighted by molar-refractivity contribution is -0.0536. The van der Waals surface area contributed by atoms with Gasteiger partial charge in [0.25, 0.3) is 0 Å². The number of hydrogen-bond donors (Lipinski definition) is 0. The quantitative estimate of drug-likeness (QED) is 0.401. The van der Waals surface area contributed by atoms with Crippen molar-refractivity contribution >= 4 is 34.5 Å². The standard InChI is InChI=1S/C26H36Cl2N2OS/c1-18(2)19(3)31-24-6-9-29(10-7-24)14-22-15-30(16-25(22)21-8-11-32-17-21)13-20-4-5-23(27)12-26(20)28/h4-5,8,11-12,17-19,22,24-25H,6-7,9-10,13-16H2,1-3H3. The van der Waals surface area contributed by atoms with Crippen LogP contribution in [0.1, 0.15) is 50.7 Å². The SMILES string of the molecule is CC(C)C(C)OC1CCN(CC2CN(Cc3ccc(Cl)cc3Cl)CC2c2ccsc2)CC1. The van der Waals surface area contributed by atoms with E-state index < -0.39 is 0 Å². The molecule has 0 amide bonds. The Balaban J connectivity index is 1.36. The van der Waals surface area contributed by atoms with Gasteiger partial charge in [-0.1, -0.05) is 43.1 Å². The first-order valence-electron chi connectivity index (χ1n) is 11.9. The fraction of sp³-hybridized carbons (Fsp3) is 0.615. The van der Waals surface area contributed by atoms with Crippen LogP contribution in [-0.2, 0) is 11.3 Å². The summed E-state index contributed by atoms with van der Waals surface area (Å²) in [5, 5.41) is 6.02. The summed E-state index contributed by atoms with van der Waals surface area (Å²) in [4.78, 5) is 5.24. The number of nitrogens with zero attached hydrogens (tertiary/aromatic N) is 2. The Bertz CT molecular complexity index is 852. The van der Waals surface area contributed by atoms with Crippen molar-refractivity contribution in [2.45, 2.75) is 58.3 Å². The zero-order chi connectivity index (χ0) is 22.7. The summed E-state index contributed by atoms with van der Waals surface area (Å²) in [6.45, 7) is 13.2. The van der Waals surface area contributed by atoms with Crippen LogP contribution in [0.25, 0.3) is 0 Å². The number of piperidine rings is 1. The van der Waals surface area contributed by atoms with E-state index in [1.54, 1.807) is 0 Å². The number of likely N-dealkylation sites (tertiary alicyclic amines) is 2. The minimum Gasteiger partial charge on any atom is -0.375 e. The number of ether oxygens (including phenoxy) is 1. The molecule has 0 spiro atoms. The first-order valence-corrected chi connectivity index (χ1v) is 13.6. The van der Waals surface area contributed by atoms with Crippen LogP contribution in [0, 0.1) is 11.8 Å². The predicted molar refractivity (Wildman–Crippen MR) is 137 cm³/mol. The minimum absolute atomic E-state index is 0.345. The average Bonchev–Trinajstić information content (AvgIpc) is 3.41. The molecule has 4 rings (SSSR count). The lowest BCUT2D eigenvalue weighted by Crippen LogP contribution is -2.42. The molecule has 1 aromatic carbocycles. The van der Waals surface area contributed by atoms with Gasteiger partial charge in [0.2, 0.25) is 0 Å². The molecule has 0 N–H and O–H groups in total. The molecular formula is C26H36Cl2N2OS. The van der Waals surface area contributed by atoms with Gasteiger partial charge >= 0.3 is 0 Å². The number of thiophene rings is 1. The van der Waals surface area contributed by atoms with Gasteiger partial charge in [0.15, 0.2) is 0 Å². The number of rotatable bonds is 8. The van der Waals surface area contributed by atoms with E-state index in [-0.39, 0.29) is 0 Å². The second-order valence-corrected chi connectivity index (χ2v) is 11.6. The third-order valence-corrected chi connectivity index (χ3v) is 8.56. The van der Waals surface area contributed by atoms with Crippen molar-refractivity contribution < 1.29 is 4.74 Å². The van der Waals surface area contributed by atoms with E-state index >= 15 is 0 Å². The van der Waals surface area contributed by atoms with Crippen LogP contribution in [0.5, 0.6) is 0 Å². The van der Waals surface area contributed by atoms with Crippen molar-refractivity contribution in [2.24, 2.45) is 11.8 Å². The highest BCUT2D eigenvalue weighted by molar-refractivity contribution is 7.08. The zero-order valence-corrected chi connectivity index (χ0v) is 21.8. The summed E-state index contributed by atoms with van der Waals surface area (Å²) >= 11 is 14.4.